The largest absolute Gasteiger partial charge is 0.441 e. The maximum Gasteiger partial charge on any atom is 0.414 e. The molecule has 8 heteroatoms. The Bertz CT molecular complexity index is 770. The van der Waals surface area contributed by atoms with Crippen molar-refractivity contribution in [3.63, 3.8) is 0 Å². The van der Waals surface area contributed by atoms with E-state index in [0.717, 1.165) is 15.9 Å². The van der Waals surface area contributed by atoms with E-state index in [4.69, 9.17) is 19.5 Å². The fourth-order valence-corrected chi connectivity index (χ4v) is 3.45. The standard InChI is InChI=1S/C15H15N3O4S/c1-20-8-10-7-18(15(19)22-10)9-3-4-11-13(5-9)23-14(17-11)12(6-16)21-2/h3-5,10,12H,7-8H2,1-2H3. The van der Waals surface area contributed by atoms with Crippen molar-refractivity contribution in [3.8, 4) is 6.07 Å². The van der Waals surface area contributed by atoms with Crippen molar-refractivity contribution in [1.82, 2.24) is 4.98 Å². The minimum Gasteiger partial charge on any atom is -0.441 e. The van der Waals surface area contributed by atoms with Gasteiger partial charge >= 0.3 is 6.09 Å². The lowest BCUT2D eigenvalue weighted by atomic mass is 10.2. The number of benzene rings is 1. The molecule has 2 unspecified atom stereocenters. The predicted octanol–water partition coefficient (Wildman–Crippen LogP) is 2.48. The highest BCUT2D eigenvalue weighted by Gasteiger charge is 2.32. The molecule has 1 saturated heterocycles. The lowest BCUT2D eigenvalue weighted by molar-refractivity contribution is 0.0718. The fourth-order valence-electron chi connectivity index (χ4n) is 2.42. The first-order chi connectivity index (χ1) is 11.2. The van der Waals surface area contributed by atoms with E-state index in [-0.39, 0.29) is 12.2 Å². The summed E-state index contributed by atoms with van der Waals surface area (Å²) in [5.41, 5.74) is 1.51. The second-order valence-electron chi connectivity index (χ2n) is 5.02. The highest BCUT2D eigenvalue weighted by molar-refractivity contribution is 7.18. The Morgan fingerprint density at radius 1 is 1.57 bits per heavy atom. The molecule has 1 fully saturated rings. The van der Waals surface area contributed by atoms with Crippen molar-refractivity contribution >= 4 is 33.3 Å². The number of carbonyl (C=O) groups excluding carboxylic acids is 1. The second kappa shape index (κ2) is 6.50. The van der Waals surface area contributed by atoms with Crippen molar-refractivity contribution in [2.75, 3.05) is 32.3 Å². The monoisotopic (exact) mass is 333 g/mol. The number of carbonyl (C=O) groups is 1. The van der Waals surface area contributed by atoms with Crippen LogP contribution in [0, 0.1) is 11.3 Å². The van der Waals surface area contributed by atoms with E-state index in [1.165, 1.54) is 18.4 Å². The van der Waals surface area contributed by atoms with Gasteiger partial charge in [-0.2, -0.15) is 5.26 Å². The molecule has 0 N–H and O–H groups in total. The number of hydrogen-bond donors (Lipinski definition) is 0. The summed E-state index contributed by atoms with van der Waals surface area (Å²) >= 11 is 1.38. The summed E-state index contributed by atoms with van der Waals surface area (Å²) in [6.45, 7) is 0.815. The van der Waals surface area contributed by atoms with Crippen LogP contribution >= 0.6 is 11.3 Å². The first-order valence-corrected chi connectivity index (χ1v) is 7.78. The maximum absolute atomic E-state index is 12.0. The number of aromatic nitrogens is 1. The number of nitriles is 1. The Hall–Kier alpha value is -2.21. The zero-order valence-electron chi connectivity index (χ0n) is 12.7. The quantitative estimate of drug-likeness (QED) is 0.836. The van der Waals surface area contributed by atoms with Crippen LogP contribution in [0.15, 0.2) is 18.2 Å². The van der Waals surface area contributed by atoms with Crippen LogP contribution in [-0.4, -0.2) is 44.6 Å². The molecule has 1 aliphatic heterocycles. The van der Waals surface area contributed by atoms with Crippen LogP contribution in [-0.2, 0) is 14.2 Å². The molecule has 0 aliphatic carbocycles. The van der Waals surface area contributed by atoms with Crippen LogP contribution in [0.5, 0.6) is 0 Å². The molecule has 1 aromatic heterocycles. The predicted molar refractivity (Wildman–Crippen MR) is 84.5 cm³/mol. The Morgan fingerprint density at radius 2 is 2.39 bits per heavy atom. The Morgan fingerprint density at radius 3 is 3.09 bits per heavy atom. The summed E-state index contributed by atoms with van der Waals surface area (Å²) in [6, 6.07) is 7.57. The number of methoxy groups -OCH3 is 2. The number of nitrogens with zero attached hydrogens (tertiary/aromatic N) is 3. The topological polar surface area (TPSA) is 84.7 Å². The van der Waals surface area contributed by atoms with Crippen molar-refractivity contribution in [3.05, 3.63) is 23.2 Å². The van der Waals surface area contributed by atoms with E-state index in [0.29, 0.717) is 18.2 Å². The third-order valence-corrected chi connectivity index (χ3v) is 4.57. The number of fused-ring (bicyclic) bond motifs is 1. The van der Waals surface area contributed by atoms with Gasteiger partial charge in [0.15, 0.2) is 6.10 Å². The molecule has 2 aromatic rings. The minimum atomic E-state index is -0.682. The molecule has 23 heavy (non-hydrogen) atoms. The van der Waals surface area contributed by atoms with Gasteiger partial charge in [0, 0.05) is 19.9 Å². The molecule has 0 radical (unpaired) electrons. The zero-order chi connectivity index (χ0) is 16.4. The van der Waals surface area contributed by atoms with Gasteiger partial charge in [-0.15, -0.1) is 11.3 Å². The minimum absolute atomic E-state index is 0.267. The van der Waals surface area contributed by atoms with Crippen LogP contribution in [0.4, 0.5) is 10.5 Å². The van der Waals surface area contributed by atoms with Crippen molar-refractivity contribution < 1.29 is 19.0 Å². The molecule has 3 rings (SSSR count). The van der Waals surface area contributed by atoms with Crippen LogP contribution in [0.25, 0.3) is 10.2 Å². The number of anilines is 1. The van der Waals surface area contributed by atoms with E-state index in [1.54, 1.807) is 12.0 Å². The average molecular weight is 333 g/mol. The number of hydrogen-bond acceptors (Lipinski definition) is 7. The fraction of sp³-hybridized carbons (Fsp3) is 0.400. The number of cyclic esters (lactones) is 1. The van der Waals surface area contributed by atoms with Crippen LogP contribution in [0.3, 0.4) is 0 Å². The zero-order valence-corrected chi connectivity index (χ0v) is 13.5. The van der Waals surface area contributed by atoms with Gasteiger partial charge in [-0.25, -0.2) is 9.78 Å². The van der Waals surface area contributed by atoms with Gasteiger partial charge in [-0.3, -0.25) is 4.90 Å². The molecule has 1 aromatic carbocycles. The van der Waals surface area contributed by atoms with Crippen molar-refractivity contribution in [2.45, 2.75) is 12.2 Å². The van der Waals surface area contributed by atoms with E-state index in [9.17, 15) is 4.79 Å². The van der Waals surface area contributed by atoms with Crippen LogP contribution in [0.2, 0.25) is 0 Å². The van der Waals surface area contributed by atoms with Crippen molar-refractivity contribution in [1.29, 1.82) is 5.26 Å². The highest BCUT2D eigenvalue weighted by Crippen LogP contribution is 2.32. The van der Waals surface area contributed by atoms with Gasteiger partial charge in [0.2, 0.25) is 0 Å². The number of amides is 1. The number of rotatable bonds is 5. The van der Waals surface area contributed by atoms with E-state index >= 15 is 0 Å². The molecular weight excluding hydrogens is 318 g/mol. The number of thiazole rings is 1. The normalized spacial score (nSPS) is 18.9. The molecular formula is C15H15N3O4S. The average Bonchev–Trinajstić information content (AvgIpc) is 3.11. The Kier molecular flexibility index (Phi) is 4.43. The van der Waals surface area contributed by atoms with Gasteiger partial charge in [0.05, 0.1) is 23.4 Å². The van der Waals surface area contributed by atoms with Crippen LogP contribution < -0.4 is 4.90 Å². The summed E-state index contributed by atoms with van der Waals surface area (Å²) < 4.78 is 16.3. The van der Waals surface area contributed by atoms with E-state index < -0.39 is 6.10 Å². The molecule has 1 aliphatic rings. The molecule has 1 amide bonds. The molecule has 7 nitrogen and oxygen atoms in total. The summed E-state index contributed by atoms with van der Waals surface area (Å²) in [5.74, 6) is 0. The molecule has 2 heterocycles. The Labute approximate surface area is 137 Å². The van der Waals surface area contributed by atoms with E-state index in [1.807, 2.05) is 18.2 Å². The summed E-state index contributed by atoms with van der Waals surface area (Å²) in [4.78, 5) is 17.9. The number of ether oxygens (including phenoxy) is 3. The van der Waals surface area contributed by atoms with Crippen molar-refractivity contribution in [2.24, 2.45) is 0 Å². The smallest absolute Gasteiger partial charge is 0.414 e. The van der Waals surface area contributed by atoms with Gasteiger partial charge in [0.1, 0.15) is 17.2 Å². The summed E-state index contributed by atoms with van der Waals surface area (Å²) in [7, 11) is 3.05. The molecule has 120 valence electrons. The first kappa shape index (κ1) is 15.7. The third kappa shape index (κ3) is 2.99. The summed E-state index contributed by atoms with van der Waals surface area (Å²) in [5, 5.41) is 9.66. The van der Waals surface area contributed by atoms with Crippen LogP contribution in [0.1, 0.15) is 11.1 Å². The third-order valence-electron chi connectivity index (χ3n) is 3.50. The van der Waals surface area contributed by atoms with Gasteiger partial charge in [0.25, 0.3) is 0 Å². The maximum atomic E-state index is 12.0. The van der Waals surface area contributed by atoms with Gasteiger partial charge < -0.3 is 14.2 Å². The molecule has 0 bridgehead atoms. The van der Waals surface area contributed by atoms with Gasteiger partial charge in [-0.1, -0.05) is 0 Å². The molecule has 0 spiro atoms. The second-order valence-corrected chi connectivity index (χ2v) is 6.08. The molecule has 0 saturated carbocycles. The Balaban J connectivity index is 1.88. The lowest BCUT2D eigenvalue weighted by Crippen LogP contribution is -2.25. The highest BCUT2D eigenvalue weighted by atomic mass is 32.1. The lowest BCUT2D eigenvalue weighted by Gasteiger charge is -2.12. The van der Waals surface area contributed by atoms with E-state index in [2.05, 4.69) is 11.1 Å². The summed E-state index contributed by atoms with van der Waals surface area (Å²) in [6.07, 6.45) is -1.33. The first-order valence-electron chi connectivity index (χ1n) is 6.96. The SMILES string of the molecule is COCC1CN(c2ccc3nc(C(C#N)OC)sc3c2)C(=O)O1. The van der Waals surface area contributed by atoms with Gasteiger partial charge in [-0.05, 0) is 18.2 Å². The molecule has 2 atom stereocenters.